The Morgan fingerprint density at radius 1 is 0.909 bits per heavy atom. The number of nitrogens with zero attached hydrogens (tertiary/aromatic N) is 1. The molecule has 3 rings (SSSR count). The standard InChI is InChI=1S/C26H26Cl2N2O2S/c1-29-26(32)24(17-19-6-3-2-4-7-19)30(18-20-8-5-9-22(28)16-20)25(31)14-15-33-23-12-10-21(27)11-13-23/h2-13,16,24H,14-15,17-18H2,1H3,(H,29,32). The Hall–Kier alpha value is -2.47. The SMILES string of the molecule is CNC(=O)C(Cc1ccccc1)N(Cc1cccc(Cl)c1)C(=O)CCSc1ccc(Cl)cc1. The van der Waals surface area contributed by atoms with Gasteiger partial charge >= 0.3 is 0 Å². The van der Waals surface area contributed by atoms with Crippen molar-refractivity contribution >= 4 is 46.8 Å². The van der Waals surface area contributed by atoms with E-state index in [9.17, 15) is 9.59 Å². The number of benzene rings is 3. The number of halogens is 2. The first-order valence-corrected chi connectivity index (χ1v) is 12.4. The molecule has 3 aromatic carbocycles. The molecule has 0 spiro atoms. The quantitative estimate of drug-likeness (QED) is 0.354. The highest BCUT2D eigenvalue weighted by molar-refractivity contribution is 7.99. The van der Waals surface area contributed by atoms with Crippen molar-refractivity contribution in [2.75, 3.05) is 12.8 Å². The number of hydrogen-bond donors (Lipinski definition) is 1. The second-order valence-electron chi connectivity index (χ2n) is 7.52. The van der Waals surface area contributed by atoms with E-state index in [4.69, 9.17) is 23.2 Å². The smallest absolute Gasteiger partial charge is 0.242 e. The summed E-state index contributed by atoms with van der Waals surface area (Å²) in [6.07, 6.45) is 0.729. The van der Waals surface area contributed by atoms with Gasteiger partial charge in [0.2, 0.25) is 11.8 Å². The maximum Gasteiger partial charge on any atom is 0.242 e. The van der Waals surface area contributed by atoms with Gasteiger partial charge in [-0.05, 0) is 47.5 Å². The molecule has 0 bridgehead atoms. The van der Waals surface area contributed by atoms with Gasteiger partial charge in [0.05, 0.1) is 0 Å². The summed E-state index contributed by atoms with van der Waals surface area (Å²) < 4.78 is 0. The molecule has 172 valence electrons. The van der Waals surface area contributed by atoms with Crippen molar-refractivity contribution in [1.29, 1.82) is 0 Å². The predicted molar refractivity (Wildman–Crippen MR) is 137 cm³/mol. The average molecular weight is 501 g/mol. The lowest BCUT2D eigenvalue weighted by Crippen LogP contribution is -2.49. The summed E-state index contributed by atoms with van der Waals surface area (Å²) in [5.74, 6) is 0.318. The Labute approximate surface area is 209 Å². The zero-order chi connectivity index (χ0) is 23.6. The van der Waals surface area contributed by atoms with Crippen LogP contribution in [-0.2, 0) is 22.6 Å². The third kappa shape index (κ3) is 7.81. The van der Waals surface area contributed by atoms with Gasteiger partial charge in [-0.15, -0.1) is 11.8 Å². The minimum absolute atomic E-state index is 0.0824. The van der Waals surface area contributed by atoms with Crippen molar-refractivity contribution < 1.29 is 9.59 Å². The van der Waals surface area contributed by atoms with E-state index in [0.717, 1.165) is 16.0 Å². The number of carbonyl (C=O) groups is 2. The van der Waals surface area contributed by atoms with E-state index < -0.39 is 6.04 Å². The van der Waals surface area contributed by atoms with E-state index in [-0.39, 0.29) is 11.8 Å². The van der Waals surface area contributed by atoms with Gasteiger partial charge in [-0.2, -0.15) is 0 Å². The Morgan fingerprint density at radius 2 is 1.61 bits per heavy atom. The fourth-order valence-electron chi connectivity index (χ4n) is 3.48. The van der Waals surface area contributed by atoms with Crippen LogP contribution in [0.25, 0.3) is 0 Å². The molecule has 0 aliphatic rings. The van der Waals surface area contributed by atoms with Crippen molar-refractivity contribution in [3.63, 3.8) is 0 Å². The molecular weight excluding hydrogens is 475 g/mol. The number of carbonyl (C=O) groups excluding carboxylic acids is 2. The summed E-state index contributed by atoms with van der Waals surface area (Å²) in [4.78, 5) is 29.0. The summed E-state index contributed by atoms with van der Waals surface area (Å²) in [5.41, 5.74) is 1.87. The lowest BCUT2D eigenvalue weighted by Gasteiger charge is -2.31. The molecule has 0 saturated heterocycles. The van der Waals surface area contributed by atoms with Gasteiger partial charge < -0.3 is 10.2 Å². The van der Waals surface area contributed by atoms with Crippen LogP contribution < -0.4 is 5.32 Å². The first-order chi connectivity index (χ1) is 16.0. The number of hydrogen-bond acceptors (Lipinski definition) is 3. The van der Waals surface area contributed by atoms with Crippen molar-refractivity contribution in [3.8, 4) is 0 Å². The summed E-state index contributed by atoms with van der Waals surface area (Å²) in [6.45, 7) is 0.302. The fourth-order valence-corrected chi connectivity index (χ4v) is 4.66. The summed E-state index contributed by atoms with van der Waals surface area (Å²) >= 11 is 13.7. The first-order valence-electron chi connectivity index (χ1n) is 10.6. The Kier molecular flexibility index (Phi) is 9.67. The molecule has 0 aliphatic heterocycles. The van der Waals surface area contributed by atoms with Crippen LogP contribution in [-0.4, -0.2) is 35.6 Å². The van der Waals surface area contributed by atoms with Crippen molar-refractivity contribution in [1.82, 2.24) is 10.2 Å². The minimum Gasteiger partial charge on any atom is -0.357 e. The molecule has 2 amide bonds. The van der Waals surface area contributed by atoms with E-state index in [1.807, 2.05) is 72.8 Å². The van der Waals surface area contributed by atoms with Crippen LogP contribution in [0.1, 0.15) is 17.5 Å². The van der Waals surface area contributed by atoms with E-state index in [1.54, 1.807) is 29.8 Å². The second-order valence-corrected chi connectivity index (χ2v) is 9.56. The Balaban J connectivity index is 1.80. The molecule has 7 heteroatoms. The number of amides is 2. The lowest BCUT2D eigenvalue weighted by atomic mass is 10.0. The van der Waals surface area contributed by atoms with Gasteiger partial charge in [-0.1, -0.05) is 65.7 Å². The molecule has 0 aromatic heterocycles. The molecule has 3 aromatic rings. The first kappa shape index (κ1) is 25.2. The molecular formula is C26H26Cl2N2O2S. The van der Waals surface area contributed by atoms with Gasteiger partial charge in [0.15, 0.2) is 0 Å². The molecule has 4 nitrogen and oxygen atoms in total. The molecule has 0 radical (unpaired) electrons. The van der Waals surface area contributed by atoms with Crippen molar-refractivity contribution in [3.05, 3.63) is 100 Å². The highest BCUT2D eigenvalue weighted by Crippen LogP contribution is 2.23. The summed E-state index contributed by atoms with van der Waals surface area (Å²) in [5, 5.41) is 4.00. The van der Waals surface area contributed by atoms with E-state index in [0.29, 0.717) is 35.2 Å². The van der Waals surface area contributed by atoms with Crippen LogP contribution in [0.4, 0.5) is 0 Å². The van der Waals surface area contributed by atoms with Gasteiger partial charge in [0.25, 0.3) is 0 Å². The minimum atomic E-state index is -0.635. The highest BCUT2D eigenvalue weighted by Gasteiger charge is 2.29. The maximum atomic E-state index is 13.4. The van der Waals surface area contributed by atoms with E-state index in [2.05, 4.69) is 5.32 Å². The van der Waals surface area contributed by atoms with Crippen LogP contribution in [0.5, 0.6) is 0 Å². The topological polar surface area (TPSA) is 49.4 Å². The molecule has 1 N–H and O–H groups in total. The van der Waals surface area contributed by atoms with E-state index >= 15 is 0 Å². The van der Waals surface area contributed by atoms with Gasteiger partial charge in [0, 0.05) is 47.1 Å². The second kappa shape index (κ2) is 12.7. The van der Waals surface area contributed by atoms with Crippen LogP contribution in [0, 0.1) is 0 Å². The van der Waals surface area contributed by atoms with Crippen LogP contribution >= 0.6 is 35.0 Å². The van der Waals surface area contributed by atoms with Gasteiger partial charge in [0.1, 0.15) is 6.04 Å². The van der Waals surface area contributed by atoms with Crippen LogP contribution in [0.2, 0.25) is 10.0 Å². The zero-order valence-corrected chi connectivity index (χ0v) is 20.7. The Bertz CT molecular complexity index is 1060. The molecule has 0 saturated carbocycles. The summed E-state index contributed by atoms with van der Waals surface area (Å²) in [6, 6.07) is 24.0. The van der Waals surface area contributed by atoms with Gasteiger partial charge in [-0.3, -0.25) is 9.59 Å². The van der Waals surface area contributed by atoms with Crippen molar-refractivity contribution in [2.24, 2.45) is 0 Å². The predicted octanol–water partition coefficient (Wildman–Crippen LogP) is 5.86. The van der Waals surface area contributed by atoms with Crippen LogP contribution in [0.15, 0.2) is 83.8 Å². The molecule has 33 heavy (non-hydrogen) atoms. The molecule has 0 heterocycles. The highest BCUT2D eigenvalue weighted by atomic mass is 35.5. The van der Waals surface area contributed by atoms with Crippen molar-refractivity contribution in [2.45, 2.75) is 30.3 Å². The number of rotatable bonds is 10. The monoisotopic (exact) mass is 500 g/mol. The average Bonchev–Trinajstić information content (AvgIpc) is 2.82. The zero-order valence-electron chi connectivity index (χ0n) is 18.3. The van der Waals surface area contributed by atoms with E-state index in [1.165, 1.54) is 0 Å². The molecule has 1 atom stereocenters. The summed E-state index contributed by atoms with van der Waals surface area (Å²) in [7, 11) is 1.60. The maximum absolute atomic E-state index is 13.4. The number of thioether (sulfide) groups is 1. The third-order valence-electron chi connectivity index (χ3n) is 5.16. The number of likely N-dealkylation sites (N-methyl/N-ethyl adjacent to an activating group) is 1. The normalized spacial score (nSPS) is 11.6. The third-order valence-corrected chi connectivity index (χ3v) is 6.66. The van der Waals surface area contributed by atoms with Gasteiger partial charge in [-0.25, -0.2) is 0 Å². The molecule has 0 aliphatic carbocycles. The number of nitrogens with one attached hydrogen (secondary N) is 1. The molecule has 0 fully saturated rings. The van der Waals surface area contributed by atoms with Crippen LogP contribution in [0.3, 0.4) is 0 Å². The Morgan fingerprint density at radius 3 is 2.27 bits per heavy atom. The lowest BCUT2D eigenvalue weighted by molar-refractivity contribution is -0.140. The largest absolute Gasteiger partial charge is 0.357 e. The molecule has 1 unspecified atom stereocenters. The fraction of sp³-hybridized carbons (Fsp3) is 0.231.